The standard InChI is InChI=1S/C8H11NO4/c1-5-3-2-4-7(12,6(10)11)8(5,9)13/h2-4,12-13H,9H2,1H3,(H,10,11). The third-order valence-corrected chi connectivity index (χ3v) is 2.19. The fourth-order valence-corrected chi connectivity index (χ4v) is 1.12. The van der Waals surface area contributed by atoms with Crippen molar-refractivity contribution in [1.82, 2.24) is 0 Å². The molecule has 0 saturated carbocycles. The minimum Gasteiger partial charge on any atom is -0.479 e. The van der Waals surface area contributed by atoms with Crippen LogP contribution in [0.2, 0.25) is 0 Å². The third kappa shape index (κ3) is 1.17. The molecule has 0 saturated heterocycles. The summed E-state index contributed by atoms with van der Waals surface area (Å²) in [4.78, 5) is 10.7. The van der Waals surface area contributed by atoms with E-state index in [4.69, 9.17) is 10.8 Å². The Bertz CT molecular complexity index is 305. The van der Waals surface area contributed by atoms with Crippen LogP contribution in [0.4, 0.5) is 0 Å². The van der Waals surface area contributed by atoms with Gasteiger partial charge in [-0.25, -0.2) is 4.79 Å². The molecule has 72 valence electrons. The zero-order valence-electron chi connectivity index (χ0n) is 7.06. The fourth-order valence-electron chi connectivity index (χ4n) is 1.12. The largest absolute Gasteiger partial charge is 0.479 e. The maximum absolute atomic E-state index is 10.7. The van der Waals surface area contributed by atoms with Gasteiger partial charge in [-0.05, 0) is 18.6 Å². The van der Waals surface area contributed by atoms with Crippen LogP contribution in [0, 0.1) is 0 Å². The summed E-state index contributed by atoms with van der Waals surface area (Å²) in [5.74, 6) is -1.58. The Kier molecular flexibility index (Phi) is 2.03. The highest BCUT2D eigenvalue weighted by Gasteiger charge is 2.53. The molecule has 5 N–H and O–H groups in total. The second kappa shape index (κ2) is 2.66. The van der Waals surface area contributed by atoms with Crippen LogP contribution in [0.15, 0.2) is 23.8 Å². The summed E-state index contributed by atoms with van der Waals surface area (Å²) in [5.41, 5.74) is 0.791. The van der Waals surface area contributed by atoms with Crippen molar-refractivity contribution in [2.24, 2.45) is 5.73 Å². The molecule has 1 aliphatic rings. The van der Waals surface area contributed by atoms with Gasteiger partial charge in [0, 0.05) is 0 Å². The van der Waals surface area contributed by atoms with Gasteiger partial charge < -0.3 is 15.3 Å². The number of carboxylic acid groups (broad SMARTS) is 1. The second-order valence-electron chi connectivity index (χ2n) is 3.05. The van der Waals surface area contributed by atoms with Crippen LogP contribution in [0.5, 0.6) is 0 Å². The molecule has 0 aromatic heterocycles. The molecule has 0 spiro atoms. The van der Waals surface area contributed by atoms with Crippen molar-refractivity contribution in [3.63, 3.8) is 0 Å². The van der Waals surface area contributed by atoms with E-state index in [0.717, 1.165) is 6.08 Å². The van der Waals surface area contributed by atoms with Crippen molar-refractivity contribution in [3.8, 4) is 0 Å². The molecule has 0 aromatic rings. The molecule has 5 nitrogen and oxygen atoms in total. The summed E-state index contributed by atoms with van der Waals surface area (Å²) >= 11 is 0. The lowest BCUT2D eigenvalue weighted by Crippen LogP contribution is -2.65. The van der Waals surface area contributed by atoms with Gasteiger partial charge >= 0.3 is 5.97 Å². The normalized spacial score (nSPS) is 38.6. The summed E-state index contributed by atoms with van der Waals surface area (Å²) in [6.07, 6.45) is 3.73. The van der Waals surface area contributed by atoms with Crippen LogP contribution in [0.3, 0.4) is 0 Å². The third-order valence-electron chi connectivity index (χ3n) is 2.19. The Labute approximate surface area is 74.8 Å². The smallest absolute Gasteiger partial charge is 0.344 e. The number of hydrogen-bond donors (Lipinski definition) is 4. The first-order valence-electron chi connectivity index (χ1n) is 3.66. The van der Waals surface area contributed by atoms with E-state index in [1.165, 1.54) is 19.1 Å². The van der Waals surface area contributed by atoms with Crippen molar-refractivity contribution in [2.45, 2.75) is 18.2 Å². The molecule has 1 rings (SSSR count). The number of carboxylic acids is 1. The lowest BCUT2D eigenvalue weighted by molar-refractivity contribution is -0.173. The van der Waals surface area contributed by atoms with E-state index in [1.54, 1.807) is 0 Å². The Morgan fingerprint density at radius 1 is 1.54 bits per heavy atom. The highest BCUT2D eigenvalue weighted by atomic mass is 16.4. The molecule has 0 amide bonds. The minimum absolute atomic E-state index is 0.194. The van der Waals surface area contributed by atoms with Gasteiger partial charge in [0.25, 0.3) is 0 Å². The number of rotatable bonds is 1. The average Bonchev–Trinajstić information content (AvgIpc) is 2.00. The van der Waals surface area contributed by atoms with Crippen LogP contribution < -0.4 is 5.73 Å². The summed E-state index contributed by atoms with van der Waals surface area (Å²) in [5, 5.41) is 27.8. The summed E-state index contributed by atoms with van der Waals surface area (Å²) in [7, 11) is 0. The van der Waals surface area contributed by atoms with Gasteiger partial charge in [-0.2, -0.15) is 0 Å². The molecule has 0 heterocycles. The first-order valence-corrected chi connectivity index (χ1v) is 3.66. The molecule has 5 heteroatoms. The van der Waals surface area contributed by atoms with E-state index in [-0.39, 0.29) is 5.57 Å². The van der Waals surface area contributed by atoms with Gasteiger partial charge in [0.2, 0.25) is 5.60 Å². The van der Waals surface area contributed by atoms with E-state index < -0.39 is 17.3 Å². The predicted octanol–water partition coefficient (Wildman–Crippen LogP) is -1.03. The SMILES string of the molecule is CC1=CC=CC(O)(C(=O)O)C1(N)O. The molecule has 2 atom stereocenters. The first kappa shape index (κ1) is 9.91. The van der Waals surface area contributed by atoms with Gasteiger partial charge in [-0.15, -0.1) is 0 Å². The molecule has 2 unspecified atom stereocenters. The Morgan fingerprint density at radius 2 is 2.08 bits per heavy atom. The number of carbonyl (C=O) groups is 1. The highest BCUT2D eigenvalue weighted by Crippen LogP contribution is 2.29. The second-order valence-corrected chi connectivity index (χ2v) is 3.05. The topological polar surface area (TPSA) is 104 Å². The summed E-state index contributed by atoms with van der Waals surface area (Å²) in [6.45, 7) is 1.44. The van der Waals surface area contributed by atoms with E-state index in [9.17, 15) is 15.0 Å². The molecule has 0 aromatic carbocycles. The number of allylic oxidation sites excluding steroid dienone is 2. The zero-order valence-corrected chi connectivity index (χ0v) is 7.06. The molecule has 1 aliphatic carbocycles. The maximum atomic E-state index is 10.7. The Hall–Kier alpha value is -1.17. The van der Waals surface area contributed by atoms with Crippen LogP contribution >= 0.6 is 0 Å². The van der Waals surface area contributed by atoms with Crippen molar-refractivity contribution in [3.05, 3.63) is 23.8 Å². The fraction of sp³-hybridized carbons (Fsp3) is 0.375. The number of nitrogens with two attached hydrogens (primary N) is 1. The summed E-state index contributed by atoms with van der Waals surface area (Å²) < 4.78 is 0. The quantitative estimate of drug-likeness (QED) is 0.391. The van der Waals surface area contributed by atoms with Crippen LogP contribution in [-0.4, -0.2) is 32.6 Å². The zero-order chi connectivity index (χ0) is 10.3. The minimum atomic E-state index is -2.45. The maximum Gasteiger partial charge on any atom is 0.344 e. The lowest BCUT2D eigenvalue weighted by atomic mass is 9.82. The number of aliphatic carboxylic acids is 1. The Balaban J connectivity index is 3.23. The molecular formula is C8H11NO4. The van der Waals surface area contributed by atoms with Crippen molar-refractivity contribution >= 4 is 5.97 Å². The molecule has 0 aliphatic heterocycles. The predicted molar refractivity (Wildman–Crippen MR) is 44.6 cm³/mol. The van der Waals surface area contributed by atoms with Gasteiger partial charge in [-0.1, -0.05) is 12.2 Å². The molecule has 0 radical (unpaired) electrons. The van der Waals surface area contributed by atoms with E-state index in [2.05, 4.69) is 0 Å². The number of aliphatic hydroxyl groups is 2. The van der Waals surface area contributed by atoms with Crippen molar-refractivity contribution in [1.29, 1.82) is 0 Å². The van der Waals surface area contributed by atoms with Gasteiger partial charge in [0.15, 0.2) is 5.72 Å². The van der Waals surface area contributed by atoms with E-state index in [0.29, 0.717) is 0 Å². The lowest BCUT2D eigenvalue weighted by Gasteiger charge is -2.37. The summed E-state index contributed by atoms with van der Waals surface area (Å²) in [6, 6.07) is 0. The van der Waals surface area contributed by atoms with Crippen LogP contribution in [-0.2, 0) is 4.79 Å². The molecule has 0 bridgehead atoms. The van der Waals surface area contributed by atoms with Gasteiger partial charge in [-0.3, -0.25) is 5.73 Å². The first-order chi connectivity index (χ1) is 5.82. The molecular weight excluding hydrogens is 174 g/mol. The monoisotopic (exact) mass is 185 g/mol. The van der Waals surface area contributed by atoms with Crippen LogP contribution in [0.1, 0.15) is 6.92 Å². The van der Waals surface area contributed by atoms with Crippen molar-refractivity contribution in [2.75, 3.05) is 0 Å². The van der Waals surface area contributed by atoms with E-state index >= 15 is 0 Å². The van der Waals surface area contributed by atoms with E-state index in [1.807, 2.05) is 0 Å². The highest BCUT2D eigenvalue weighted by molar-refractivity contribution is 5.83. The van der Waals surface area contributed by atoms with Gasteiger partial charge in [0.05, 0.1) is 0 Å². The van der Waals surface area contributed by atoms with Gasteiger partial charge in [0.1, 0.15) is 0 Å². The average molecular weight is 185 g/mol. The van der Waals surface area contributed by atoms with Crippen LogP contribution in [0.25, 0.3) is 0 Å². The molecule has 13 heavy (non-hydrogen) atoms. The van der Waals surface area contributed by atoms with Crippen molar-refractivity contribution < 1.29 is 20.1 Å². The molecule has 0 fully saturated rings. The number of hydrogen-bond acceptors (Lipinski definition) is 4. The Morgan fingerprint density at radius 3 is 2.46 bits per heavy atom.